The van der Waals surface area contributed by atoms with Crippen molar-refractivity contribution in [1.82, 2.24) is 0 Å². The van der Waals surface area contributed by atoms with Gasteiger partial charge in [0.2, 0.25) is 0 Å². The van der Waals surface area contributed by atoms with Gasteiger partial charge in [-0.15, -0.1) is 9.24 Å². The summed E-state index contributed by atoms with van der Waals surface area (Å²) in [6.07, 6.45) is 12.3. The lowest BCUT2D eigenvalue weighted by atomic mass is 9.48. The van der Waals surface area contributed by atoms with Gasteiger partial charge < -0.3 is 0 Å². The first kappa shape index (κ1) is 10.6. The van der Waals surface area contributed by atoms with Crippen LogP contribution in [-0.4, -0.2) is 5.66 Å². The third-order valence-corrected chi connectivity index (χ3v) is 6.51. The Morgan fingerprint density at radius 3 is 1.93 bits per heavy atom. The molecule has 2 atom stereocenters. The summed E-state index contributed by atoms with van der Waals surface area (Å²) in [5.74, 6) is 3.36. The molecule has 4 aliphatic rings. The van der Waals surface area contributed by atoms with Crippen molar-refractivity contribution in [2.45, 2.75) is 63.9 Å². The van der Waals surface area contributed by atoms with E-state index in [1.54, 1.807) is 38.5 Å². The van der Waals surface area contributed by atoms with Crippen LogP contribution in [0.3, 0.4) is 0 Å². The van der Waals surface area contributed by atoms with Crippen LogP contribution in [0.4, 0.5) is 0 Å². The van der Waals surface area contributed by atoms with Crippen LogP contribution in [0.5, 0.6) is 0 Å². The highest BCUT2D eigenvalue weighted by Gasteiger charge is 2.52. The van der Waals surface area contributed by atoms with Crippen molar-refractivity contribution in [3.63, 3.8) is 0 Å². The SMILES string of the molecule is CCCC(P)C12CC3CC(CC(C3)C1)C2. The van der Waals surface area contributed by atoms with Crippen molar-refractivity contribution in [1.29, 1.82) is 0 Å². The molecule has 0 heterocycles. The number of hydrogen-bond acceptors (Lipinski definition) is 0. The Morgan fingerprint density at radius 2 is 1.53 bits per heavy atom. The van der Waals surface area contributed by atoms with Gasteiger partial charge in [0, 0.05) is 0 Å². The molecule has 0 saturated heterocycles. The molecule has 4 rings (SSSR count). The fraction of sp³-hybridized carbons (Fsp3) is 1.00. The zero-order chi connectivity index (χ0) is 10.5. The van der Waals surface area contributed by atoms with E-state index in [9.17, 15) is 0 Å². The zero-order valence-corrected chi connectivity index (χ0v) is 11.2. The van der Waals surface area contributed by atoms with E-state index in [1.165, 1.54) is 12.8 Å². The normalized spacial score (nSPS) is 49.6. The fourth-order valence-electron chi connectivity index (χ4n) is 5.25. The Labute approximate surface area is 96.8 Å². The molecule has 1 heteroatoms. The topological polar surface area (TPSA) is 0 Å². The summed E-state index contributed by atoms with van der Waals surface area (Å²) in [4.78, 5) is 0. The molecule has 0 N–H and O–H groups in total. The second-order valence-corrected chi connectivity index (χ2v) is 7.48. The maximum atomic E-state index is 3.21. The van der Waals surface area contributed by atoms with Gasteiger partial charge in [0.15, 0.2) is 0 Å². The van der Waals surface area contributed by atoms with Gasteiger partial charge in [0.1, 0.15) is 0 Å². The molecular weight excluding hydrogens is 199 g/mol. The first-order valence-electron chi connectivity index (χ1n) is 6.97. The van der Waals surface area contributed by atoms with Crippen LogP contribution < -0.4 is 0 Å². The van der Waals surface area contributed by atoms with Gasteiger partial charge in [-0.05, 0) is 73.8 Å². The van der Waals surface area contributed by atoms with Crippen molar-refractivity contribution in [3.8, 4) is 0 Å². The zero-order valence-electron chi connectivity index (χ0n) is 10.0. The maximum absolute atomic E-state index is 3.21. The Morgan fingerprint density at radius 1 is 1.07 bits per heavy atom. The predicted molar refractivity (Wildman–Crippen MR) is 69.0 cm³/mol. The summed E-state index contributed by atoms with van der Waals surface area (Å²) < 4.78 is 0. The standard InChI is InChI=1S/C14H25P/c1-2-3-13(15)14-7-10-4-11(8-14)6-12(5-10)9-14/h10-13H,2-9,15H2,1H3. The monoisotopic (exact) mass is 224 g/mol. The van der Waals surface area contributed by atoms with E-state index in [4.69, 9.17) is 0 Å². The van der Waals surface area contributed by atoms with Gasteiger partial charge in [-0.1, -0.05) is 13.3 Å². The van der Waals surface area contributed by atoms with E-state index in [2.05, 4.69) is 16.2 Å². The molecule has 0 aromatic rings. The highest BCUT2D eigenvalue weighted by atomic mass is 31.0. The maximum Gasteiger partial charge on any atom is -0.0207 e. The van der Waals surface area contributed by atoms with Crippen molar-refractivity contribution < 1.29 is 0 Å². The molecule has 0 amide bonds. The van der Waals surface area contributed by atoms with Crippen LogP contribution in [0.2, 0.25) is 0 Å². The average Bonchev–Trinajstić information content (AvgIpc) is 2.15. The van der Waals surface area contributed by atoms with E-state index in [1.807, 2.05) is 0 Å². The van der Waals surface area contributed by atoms with Gasteiger partial charge in [-0.2, -0.15) is 0 Å². The minimum Gasteiger partial charge on any atom is -0.134 e. The van der Waals surface area contributed by atoms with E-state index >= 15 is 0 Å². The van der Waals surface area contributed by atoms with Crippen LogP contribution in [-0.2, 0) is 0 Å². The molecule has 4 saturated carbocycles. The number of hydrogen-bond donors (Lipinski definition) is 0. The van der Waals surface area contributed by atoms with Gasteiger partial charge in [-0.25, -0.2) is 0 Å². The first-order valence-corrected chi connectivity index (χ1v) is 7.64. The molecule has 0 aliphatic heterocycles. The molecule has 15 heavy (non-hydrogen) atoms. The largest absolute Gasteiger partial charge is 0.134 e. The number of rotatable bonds is 3. The van der Waals surface area contributed by atoms with Crippen LogP contribution >= 0.6 is 9.24 Å². The van der Waals surface area contributed by atoms with Crippen molar-refractivity contribution in [3.05, 3.63) is 0 Å². The molecule has 4 fully saturated rings. The second-order valence-electron chi connectivity index (χ2n) is 6.68. The molecule has 4 aliphatic carbocycles. The minimum atomic E-state index is 0.773. The molecule has 0 nitrogen and oxygen atoms in total. The summed E-state index contributed by atoms with van der Waals surface area (Å²) >= 11 is 0. The van der Waals surface area contributed by atoms with Crippen molar-refractivity contribution in [2.24, 2.45) is 23.2 Å². The van der Waals surface area contributed by atoms with E-state index < -0.39 is 0 Å². The van der Waals surface area contributed by atoms with Crippen LogP contribution in [0.15, 0.2) is 0 Å². The van der Waals surface area contributed by atoms with E-state index in [0.29, 0.717) is 0 Å². The average molecular weight is 224 g/mol. The lowest BCUT2D eigenvalue weighted by molar-refractivity contribution is -0.0545. The van der Waals surface area contributed by atoms with E-state index in [0.717, 1.165) is 28.8 Å². The quantitative estimate of drug-likeness (QED) is 0.629. The lowest BCUT2D eigenvalue weighted by Gasteiger charge is -2.59. The third kappa shape index (κ3) is 1.68. The highest BCUT2D eigenvalue weighted by molar-refractivity contribution is 7.17. The molecule has 2 unspecified atom stereocenters. The summed E-state index contributed by atoms with van der Waals surface area (Å²) in [6.45, 7) is 2.34. The van der Waals surface area contributed by atoms with Gasteiger partial charge in [0.05, 0.1) is 0 Å². The minimum absolute atomic E-state index is 0.773. The van der Waals surface area contributed by atoms with Gasteiger partial charge in [0.25, 0.3) is 0 Å². The molecule has 86 valence electrons. The molecule has 0 aromatic carbocycles. The summed E-state index contributed by atoms with van der Waals surface area (Å²) in [5.41, 5.74) is 1.70. The Hall–Kier alpha value is 0.430. The van der Waals surface area contributed by atoms with Crippen LogP contribution in [0.1, 0.15) is 58.3 Å². The Balaban J connectivity index is 1.80. The summed E-state index contributed by atoms with van der Waals surface area (Å²) in [7, 11) is 3.21. The van der Waals surface area contributed by atoms with E-state index in [-0.39, 0.29) is 0 Å². The molecule has 4 bridgehead atoms. The van der Waals surface area contributed by atoms with Crippen molar-refractivity contribution >= 4 is 9.24 Å². The second kappa shape index (κ2) is 3.73. The molecule has 0 aromatic heterocycles. The predicted octanol–water partition coefficient (Wildman–Crippen LogP) is 4.25. The molecule has 0 radical (unpaired) electrons. The van der Waals surface area contributed by atoms with Crippen molar-refractivity contribution in [2.75, 3.05) is 0 Å². The lowest BCUT2D eigenvalue weighted by Crippen LogP contribution is -2.50. The summed E-state index contributed by atoms with van der Waals surface area (Å²) in [6, 6.07) is 0. The Kier molecular flexibility index (Phi) is 2.63. The highest BCUT2D eigenvalue weighted by Crippen LogP contribution is 2.62. The molecule has 0 spiro atoms. The fourth-order valence-corrected chi connectivity index (χ4v) is 5.99. The van der Waals surface area contributed by atoms with Crippen LogP contribution in [0.25, 0.3) is 0 Å². The van der Waals surface area contributed by atoms with Crippen LogP contribution in [0, 0.1) is 23.2 Å². The van der Waals surface area contributed by atoms with Gasteiger partial charge >= 0.3 is 0 Å². The molecular formula is C14H25P. The smallest absolute Gasteiger partial charge is 0.0207 e. The third-order valence-electron chi connectivity index (χ3n) is 5.47. The first-order chi connectivity index (χ1) is 7.22. The van der Waals surface area contributed by atoms with Gasteiger partial charge in [-0.3, -0.25) is 0 Å². The Bertz CT molecular complexity index is 210. The summed E-state index contributed by atoms with van der Waals surface area (Å²) in [5, 5.41) is 0.